The number of halogens is 1. The molecule has 3 aromatic carbocycles. The number of hydrogen-bond donors (Lipinski definition) is 1. The zero-order valence-corrected chi connectivity index (χ0v) is 19.2. The molecule has 1 aromatic heterocycles. The van der Waals surface area contributed by atoms with Crippen LogP contribution >= 0.6 is 0 Å². The summed E-state index contributed by atoms with van der Waals surface area (Å²) in [6.07, 6.45) is -0.0983. The number of ether oxygens (including phenoxy) is 1. The highest BCUT2D eigenvalue weighted by Gasteiger charge is 2.17. The van der Waals surface area contributed by atoms with E-state index in [1.54, 1.807) is 18.2 Å². The summed E-state index contributed by atoms with van der Waals surface area (Å²) in [6, 6.07) is 23.6. The first-order valence-electron chi connectivity index (χ1n) is 11.2. The van der Waals surface area contributed by atoms with Crippen molar-refractivity contribution in [1.82, 2.24) is 9.78 Å². The fourth-order valence-corrected chi connectivity index (χ4v) is 3.75. The molecule has 34 heavy (non-hydrogen) atoms. The minimum absolute atomic E-state index is 0.0983. The number of aliphatic carboxylic acids is 1. The molecule has 5 nitrogen and oxygen atoms in total. The van der Waals surface area contributed by atoms with E-state index in [2.05, 4.69) is 13.8 Å². The molecule has 1 heterocycles. The summed E-state index contributed by atoms with van der Waals surface area (Å²) in [6.45, 7) is 5.15. The highest BCUT2D eigenvalue weighted by molar-refractivity contribution is 5.76. The fourth-order valence-electron chi connectivity index (χ4n) is 3.75. The average molecular weight is 459 g/mol. The average Bonchev–Trinajstić information content (AvgIpc) is 3.22. The molecular formula is C28H27FN2O3. The minimum atomic E-state index is -0.906. The molecule has 0 aliphatic heterocycles. The molecule has 174 valence electrons. The predicted molar refractivity (Wildman–Crippen MR) is 130 cm³/mol. The van der Waals surface area contributed by atoms with Crippen LogP contribution in [0.3, 0.4) is 0 Å². The lowest BCUT2D eigenvalue weighted by atomic mass is 10.0. The van der Waals surface area contributed by atoms with Crippen LogP contribution in [-0.4, -0.2) is 27.5 Å². The molecule has 0 amide bonds. The summed E-state index contributed by atoms with van der Waals surface area (Å²) in [7, 11) is 0. The number of rotatable bonds is 9. The minimum Gasteiger partial charge on any atom is -0.493 e. The molecule has 4 aromatic rings. The van der Waals surface area contributed by atoms with Crippen molar-refractivity contribution in [1.29, 1.82) is 0 Å². The van der Waals surface area contributed by atoms with E-state index in [0.29, 0.717) is 47.2 Å². The van der Waals surface area contributed by atoms with Crippen molar-refractivity contribution in [3.8, 4) is 28.3 Å². The second kappa shape index (κ2) is 10.3. The van der Waals surface area contributed by atoms with E-state index in [4.69, 9.17) is 9.84 Å². The Morgan fingerprint density at radius 1 is 1.00 bits per heavy atom. The van der Waals surface area contributed by atoms with Gasteiger partial charge in [-0.25, -0.2) is 4.39 Å². The van der Waals surface area contributed by atoms with Crippen LogP contribution in [-0.2, 0) is 17.8 Å². The van der Waals surface area contributed by atoms with Gasteiger partial charge in [-0.1, -0.05) is 62.4 Å². The Morgan fingerprint density at radius 3 is 2.50 bits per heavy atom. The number of benzene rings is 3. The van der Waals surface area contributed by atoms with Gasteiger partial charge in [0.25, 0.3) is 0 Å². The van der Waals surface area contributed by atoms with Gasteiger partial charge in [-0.2, -0.15) is 5.10 Å². The number of hydrogen-bond acceptors (Lipinski definition) is 3. The SMILES string of the molecule is CC(C)COc1ccc(CC(=O)O)cc1-c1cc(-c2cccc(F)c2)n(Cc2ccccc2)n1. The van der Waals surface area contributed by atoms with Crippen LogP contribution in [0.25, 0.3) is 22.5 Å². The van der Waals surface area contributed by atoms with E-state index in [-0.39, 0.29) is 12.2 Å². The van der Waals surface area contributed by atoms with Crippen LogP contribution in [0.15, 0.2) is 78.9 Å². The Kier molecular flexibility index (Phi) is 7.07. The Labute approximate surface area is 198 Å². The number of carboxylic acids is 1. The summed E-state index contributed by atoms with van der Waals surface area (Å²) in [5.74, 6) is -0.268. The molecule has 0 fully saturated rings. The first-order valence-corrected chi connectivity index (χ1v) is 11.2. The van der Waals surface area contributed by atoms with E-state index in [1.165, 1.54) is 12.1 Å². The Morgan fingerprint density at radius 2 is 1.79 bits per heavy atom. The summed E-state index contributed by atoms with van der Waals surface area (Å²) in [5, 5.41) is 14.1. The summed E-state index contributed by atoms with van der Waals surface area (Å²) >= 11 is 0. The second-order valence-electron chi connectivity index (χ2n) is 8.67. The number of nitrogens with zero attached hydrogens (tertiary/aromatic N) is 2. The summed E-state index contributed by atoms with van der Waals surface area (Å²) < 4.78 is 21.9. The smallest absolute Gasteiger partial charge is 0.307 e. The predicted octanol–water partition coefficient (Wildman–Crippen LogP) is 6.07. The summed E-state index contributed by atoms with van der Waals surface area (Å²) in [5.41, 5.74) is 4.54. The van der Waals surface area contributed by atoms with Crippen molar-refractivity contribution in [3.63, 3.8) is 0 Å². The van der Waals surface area contributed by atoms with Gasteiger partial charge in [-0.15, -0.1) is 0 Å². The lowest BCUT2D eigenvalue weighted by molar-refractivity contribution is -0.136. The molecule has 0 spiro atoms. The second-order valence-corrected chi connectivity index (χ2v) is 8.67. The third kappa shape index (κ3) is 5.70. The molecule has 0 saturated heterocycles. The van der Waals surface area contributed by atoms with E-state index < -0.39 is 5.97 Å². The lowest BCUT2D eigenvalue weighted by Gasteiger charge is -2.13. The molecule has 0 aliphatic rings. The van der Waals surface area contributed by atoms with Crippen LogP contribution in [0.4, 0.5) is 4.39 Å². The molecule has 0 unspecified atom stereocenters. The van der Waals surface area contributed by atoms with Crippen LogP contribution in [0.5, 0.6) is 5.75 Å². The van der Waals surface area contributed by atoms with Crippen molar-refractivity contribution in [3.05, 3.63) is 95.8 Å². The quantitative estimate of drug-likeness (QED) is 0.331. The van der Waals surface area contributed by atoms with Gasteiger partial charge in [0, 0.05) is 11.1 Å². The van der Waals surface area contributed by atoms with Crippen LogP contribution in [0, 0.1) is 11.7 Å². The first-order chi connectivity index (χ1) is 16.4. The molecule has 0 saturated carbocycles. The Balaban J connectivity index is 1.83. The third-order valence-electron chi connectivity index (χ3n) is 5.32. The van der Waals surface area contributed by atoms with Crippen molar-refractivity contribution >= 4 is 5.97 Å². The van der Waals surface area contributed by atoms with Crippen molar-refractivity contribution in [2.75, 3.05) is 6.61 Å². The number of aromatic nitrogens is 2. The molecule has 0 radical (unpaired) electrons. The highest BCUT2D eigenvalue weighted by atomic mass is 19.1. The molecule has 6 heteroatoms. The van der Waals surface area contributed by atoms with Gasteiger partial charge in [0.15, 0.2) is 0 Å². The largest absolute Gasteiger partial charge is 0.493 e. The Hall–Kier alpha value is -3.93. The Bertz CT molecular complexity index is 1280. The molecule has 0 aliphatic carbocycles. The van der Waals surface area contributed by atoms with Crippen molar-refractivity contribution in [2.45, 2.75) is 26.8 Å². The highest BCUT2D eigenvalue weighted by Crippen LogP contribution is 2.34. The fraction of sp³-hybridized carbons (Fsp3) is 0.214. The van der Waals surface area contributed by atoms with Crippen LogP contribution in [0.1, 0.15) is 25.0 Å². The number of carboxylic acid groups (broad SMARTS) is 1. The maximum atomic E-state index is 14.1. The normalized spacial score (nSPS) is 11.1. The van der Waals surface area contributed by atoms with E-state index in [0.717, 1.165) is 11.3 Å². The van der Waals surface area contributed by atoms with Gasteiger partial charge in [0.1, 0.15) is 11.6 Å². The lowest BCUT2D eigenvalue weighted by Crippen LogP contribution is -2.07. The third-order valence-corrected chi connectivity index (χ3v) is 5.32. The molecular weight excluding hydrogens is 431 g/mol. The van der Waals surface area contributed by atoms with E-state index in [9.17, 15) is 14.3 Å². The van der Waals surface area contributed by atoms with Crippen LogP contribution in [0.2, 0.25) is 0 Å². The topological polar surface area (TPSA) is 64.3 Å². The monoisotopic (exact) mass is 458 g/mol. The van der Waals surface area contributed by atoms with Gasteiger partial charge in [0.05, 0.1) is 31.0 Å². The maximum absolute atomic E-state index is 14.1. The van der Waals surface area contributed by atoms with E-state index >= 15 is 0 Å². The van der Waals surface area contributed by atoms with Gasteiger partial charge < -0.3 is 9.84 Å². The zero-order valence-electron chi connectivity index (χ0n) is 19.2. The summed E-state index contributed by atoms with van der Waals surface area (Å²) in [4.78, 5) is 11.3. The van der Waals surface area contributed by atoms with Crippen LogP contribution < -0.4 is 4.74 Å². The zero-order chi connectivity index (χ0) is 24.1. The standard InChI is InChI=1S/C28H27FN2O3/c1-19(2)18-34-27-12-11-21(14-28(32)33)13-24(27)25-16-26(22-9-6-10-23(29)15-22)31(30-25)17-20-7-4-3-5-8-20/h3-13,15-16,19H,14,17-18H2,1-2H3,(H,32,33). The maximum Gasteiger partial charge on any atom is 0.307 e. The molecule has 0 bridgehead atoms. The molecule has 0 atom stereocenters. The van der Waals surface area contributed by atoms with Crippen molar-refractivity contribution in [2.24, 2.45) is 5.92 Å². The van der Waals surface area contributed by atoms with Gasteiger partial charge in [0.2, 0.25) is 0 Å². The first kappa shape index (κ1) is 23.2. The number of carbonyl (C=O) groups is 1. The van der Waals surface area contributed by atoms with Crippen molar-refractivity contribution < 1.29 is 19.0 Å². The van der Waals surface area contributed by atoms with E-state index in [1.807, 2.05) is 53.2 Å². The molecule has 4 rings (SSSR count). The van der Waals surface area contributed by atoms with Gasteiger partial charge in [-0.05, 0) is 47.4 Å². The van der Waals surface area contributed by atoms with Gasteiger partial charge in [-0.3, -0.25) is 9.48 Å². The molecule has 1 N–H and O–H groups in total. The van der Waals surface area contributed by atoms with Gasteiger partial charge >= 0.3 is 5.97 Å².